The van der Waals surface area contributed by atoms with E-state index in [9.17, 15) is 0 Å². The number of anilines is 2. The molecule has 0 saturated carbocycles. The minimum absolute atomic E-state index is 0.839. The molecule has 50 heavy (non-hydrogen) atoms. The highest BCUT2D eigenvalue weighted by atomic mass is 14.5. The number of benzene rings is 4. The predicted octanol–water partition coefficient (Wildman–Crippen LogP) is 13.2. The maximum absolute atomic E-state index is 5.93. The van der Waals surface area contributed by atoms with Crippen LogP contribution in [-0.2, 0) is 38.5 Å². The van der Waals surface area contributed by atoms with Gasteiger partial charge in [0.05, 0.1) is 0 Å². The highest BCUT2D eigenvalue weighted by Crippen LogP contribution is 2.24. The second-order valence-corrected chi connectivity index (χ2v) is 15.0. The van der Waals surface area contributed by atoms with Gasteiger partial charge < -0.3 is 11.5 Å². The molecule has 0 fully saturated rings. The van der Waals surface area contributed by atoms with Gasteiger partial charge in [0, 0.05) is 11.4 Å². The molecule has 4 rings (SSSR count). The quantitative estimate of drug-likeness (QED) is 0.0544. The Bertz CT molecular complexity index is 1370. The van der Waals surface area contributed by atoms with E-state index in [-0.39, 0.29) is 0 Å². The summed E-state index contributed by atoms with van der Waals surface area (Å²) < 4.78 is 0. The third-order valence-electron chi connectivity index (χ3n) is 10.6. The second kappa shape index (κ2) is 23.0. The first kappa shape index (κ1) is 39.3. The van der Waals surface area contributed by atoms with Crippen LogP contribution in [0.2, 0.25) is 0 Å². The smallest absolute Gasteiger partial charge is 0.0314 e. The van der Waals surface area contributed by atoms with Crippen molar-refractivity contribution < 1.29 is 0 Å². The molecule has 0 bridgehead atoms. The molecule has 270 valence electrons. The van der Waals surface area contributed by atoms with Gasteiger partial charge in [-0.1, -0.05) is 152 Å². The minimum Gasteiger partial charge on any atom is -0.399 e. The summed E-state index contributed by atoms with van der Waals surface area (Å²) in [5, 5.41) is 0. The average molecular weight is 673 g/mol. The summed E-state index contributed by atoms with van der Waals surface area (Å²) in [5.74, 6) is 0. The van der Waals surface area contributed by atoms with Crippen LogP contribution in [0.25, 0.3) is 0 Å². The molecule has 4 aromatic rings. The highest BCUT2D eigenvalue weighted by molar-refractivity contribution is 5.43. The van der Waals surface area contributed by atoms with Crippen LogP contribution in [0.3, 0.4) is 0 Å². The molecule has 2 nitrogen and oxygen atoms in total. The highest BCUT2D eigenvalue weighted by Gasteiger charge is 2.08. The van der Waals surface area contributed by atoms with E-state index >= 15 is 0 Å². The van der Waals surface area contributed by atoms with E-state index in [0.717, 1.165) is 24.2 Å². The fourth-order valence-electron chi connectivity index (χ4n) is 7.45. The zero-order valence-electron chi connectivity index (χ0n) is 31.8. The standard InChI is InChI=1S/C48H68N2/c1-3-5-7-11-17-21-45-37-41(35-39-25-31-47(49)32-26-39)23-29-43(45)19-15-13-9-10-14-16-20-44-30-24-42(36-40-27-33-48(50)34-28-40)38-46(44)22-18-12-8-6-4-2/h23-34,37-38H,3-22,35-36,49-50H2,1-2H3. The minimum atomic E-state index is 0.839. The molecule has 4 N–H and O–H groups in total. The number of hydrogen-bond acceptors (Lipinski definition) is 2. The van der Waals surface area contributed by atoms with Gasteiger partial charge in [0.2, 0.25) is 0 Å². The topological polar surface area (TPSA) is 52.0 Å². The lowest BCUT2D eigenvalue weighted by Gasteiger charge is -2.13. The Kier molecular flexibility index (Phi) is 18.1. The Hall–Kier alpha value is -3.52. The van der Waals surface area contributed by atoms with E-state index in [1.807, 2.05) is 24.3 Å². The van der Waals surface area contributed by atoms with Gasteiger partial charge in [-0.2, -0.15) is 0 Å². The van der Waals surface area contributed by atoms with Gasteiger partial charge >= 0.3 is 0 Å². The van der Waals surface area contributed by atoms with Crippen LogP contribution in [0.5, 0.6) is 0 Å². The van der Waals surface area contributed by atoms with E-state index in [1.54, 1.807) is 22.3 Å². The van der Waals surface area contributed by atoms with E-state index in [2.05, 4.69) is 74.5 Å². The first-order valence-corrected chi connectivity index (χ1v) is 20.4. The number of nitrogens with two attached hydrogens (primary N) is 2. The molecule has 0 aliphatic heterocycles. The monoisotopic (exact) mass is 673 g/mol. The number of rotatable bonds is 25. The van der Waals surface area contributed by atoms with E-state index in [1.165, 1.54) is 151 Å². The predicted molar refractivity (Wildman–Crippen MR) is 220 cm³/mol. The third-order valence-corrected chi connectivity index (χ3v) is 10.6. The summed E-state index contributed by atoms with van der Waals surface area (Å²) in [6.07, 6.45) is 28.2. The molecular formula is C48H68N2. The zero-order valence-corrected chi connectivity index (χ0v) is 31.8. The fourth-order valence-corrected chi connectivity index (χ4v) is 7.45. The molecule has 0 saturated heterocycles. The van der Waals surface area contributed by atoms with Crippen molar-refractivity contribution in [2.24, 2.45) is 0 Å². The molecule has 0 unspecified atom stereocenters. The summed E-state index contributed by atoms with van der Waals surface area (Å²) >= 11 is 0. The van der Waals surface area contributed by atoms with Gasteiger partial charge in [0.15, 0.2) is 0 Å². The van der Waals surface area contributed by atoms with Gasteiger partial charge in [-0.15, -0.1) is 0 Å². The summed E-state index contributed by atoms with van der Waals surface area (Å²) in [4.78, 5) is 0. The molecule has 0 aromatic heterocycles. The Morgan fingerprint density at radius 3 is 0.980 bits per heavy atom. The van der Waals surface area contributed by atoms with Crippen molar-refractivity contribution in [3.63, 3.8) is 0 Å². The van der Waals surface area contributed by atoms with Crippen LogP contribution in [-0.4, -0.2) is 0 Å². The second-order valence-electron chi connectivity index (χ2n) is 15.0. The van der Waals surface area contributed by atoms with Gasteiger partial charge in [-0.3, -0.25) is 0 Å². The third kappa shape index (κ3) is 14.8. The molecule has 4 aromatic carbocycles. The molecule has 0 aliphatic carbocycles. The number of aryl methyl sites for hydroxylation is 4. The average Bonchev–Trinajstić information content (AvgIpc) is 3.12. The number of nitrogen functional groups attached to an aromatic ring is 2. The fraction of sp³-hybridized carbons (Fsp3) is 0.500. The van der Waals surface area contributed by atoms with E-state index in [4.69, 9.17) is 11.5 Å². The van der Waals surface area contributed by atoms with Crippen molar-refractivity contribution in [3.05, 3.63) is 129 Å². The van der Waals surface area contributed by atoms with E-state index in [0.29, 0.717) is 0 Å². The van der Waals surface area contributed by atoms with Crippen molar-refractivity contribution in [1.82, 2.24) is 0 Å². The van der Waals surface area contributed by atoms with Gasteiger partial charge in [0.1, 0.15) is 0 Å². The number of unbranched alkanes of at least 4 members (excludes halogenated alkanes) is 13. The molecule has 0 spiro atoms. The lowest BCUT2D eigenvalue weighted by Crippen LogP contribution is -1.99. The van der Waals surface area contributed by atoms with Crippen LogP contribution in [0.1, 0.15) is 161 Å². The normalized spacial score (nSPS) is 11.3. The van der Waals surface area contributed by atoms with Crippen molar-refractivity contribution in [2.75, 3.05) is 11.5 Å². The zero-order chi connectivity index (χ0) is 35.2. The maximum Gasteiger partial charge on any atom is 0.0314 e. The summed E-state index contributed by atoms with van der Waals surface area (Å²) in [7, 11) is 0. The largest absolute Gasteiger partial charge is 0.399 e. The summed E-state index contributed by atoms with van der Waals surface area (Å²) in [5.41, 5.74) is 25.4. The van der Waals surface area contributed by atoms with Crippen LogP contribution >= 0.6 is 0 Å². The molecule has 0 atom stereocenters. The van der Waals surface area contributed by atoms with Crippen LogP contribution < -0.4 is 11.5 Å². The van der Waals surface area contributed by atoms with Crippen LogP contribution in [0.4, 0.5) is 11.4 Å². The van der Waals surface area contributed by atoms with Crippen molar-refractivity contribution in [3.8, 4) is 0 Å². The first-order chi connectivity index (χ1) is 24.5. The van der Waals surface area contributed by atoms with Crippen molar-refractivity contribution in [1.29, 1.82) is 0 Å². The molecule has 0 heterocycles. The molecule has 0 amide bonds. The van der Waals surface area contributed by atoms with Crippen molar-refractivity contribution >= 4 is 11.4 Å². The summed E-state index contributed by atoms with van der Waals surface area (Å²) in [6.45, 7) is 4.60. The SMILES string of the molecule is CCCCCCCc1cc(Cc2ccc(N)cc2)ccc1CCCCCCCCc1ccc(Cc2ccc(N)cc2)cc1CCCCCCC. The first-order valence-electron chi connectivity index (χ1n) is 20.4. The Labute approximate surface area is 306 Å². The van der Waals surface area contributed by atoms with Crippen molar-refractivity contribution in [2.45, 2.75) is 155 Å². The Morgan fingerprint density at radius 2 is 0.620 bits per heavy atom. The molecule has 0 radical (unpaired) electrons. The van der Waals surface area contributed by atoms with E-state index < -0.39 is 0 Å². The lowest BCUT2D eigenvalue weighted by molar-refractivity contribution is 0.589. The molecular weight excluding hydrogens is 605 g/mol. The van der Waals surface area contributed by atoms with Gasteiger partial charge in [0.25, 0.3) is 0 Å². The Morgan fingerprint density at radius 1 is 0.320 bits per heavy atom. The Balaban J connectivity index is 1.22. The van der Waals surface area contributed by atoms with Crippen LogP contribution in [0, 0.1) is 0 Å². The van der Waals surface area contributed by atoms with Gasteiger partial charge in [-0.25, -0.2) is 0 Å². The number of hydrogen-bond donors (Lipinski definition) is 2. The maximum atomic E-state index is 5.93. The molecule has 2 heteroatoms. The van der Waals surface area contributed by atoms with Crippen LogP contribution in [0.15, 0.2) is 84.9 Å². The molecule has 0 aliphatic rings. The van der Waals surface area contributed by atoms with Gasteiger partial charge in [-0.05, 0) is 133 Å². The summed E-state index contributed by atoms with van der Waals surface area (Å²) in [6, 6.07) is 31.4. The lowest BCUT2D eigenvalue weighted by atomic mass is 9.92.